The molecule has 1 amide bonds. The summed E-state index contributed by atoms with van der Waals surface area (Å²) in [5.41, 5.74) is 2.28. The van der Waals surface area contributed by atoms with E-state index in [9.17, 15) is 4.79 Å². The summed E-state index contributed by atoms with van der Waals surface area (Å²) in [6, 6.07) is 8.64. The van der Waals surface area contributed by atoms with E-state index in [-0.39, 0.29) is 17.4 Å². The van der Waals surface area contributed by atoms with Gasteiger partial charge in [-0.25, -0.2) is 0 Å². The van der Waals surface area contributed by atoms with Gasteiger partial charge in [0.25, 0.3) is 0 Å². The Kier molecular flexibility index (Phi) is 5.04. The smallest absolute Gasteiger partial charge is 0.226 e. The van der Waals surface area contributed by atoms with Crippen LogP contribution in [0.1, 0.15) is 63.6 Å². The minimum Gasteiger partial charge on any atom is -0.349 e. The van der Waals surface area contributed by atoms with E-state index in [2.05, 4.69) is 62.6 Å². The van der Waals surface area contributed by atoms with Crippen molar-refractivity contribution < 1.29 is 4.79 Å². The van der Waals surface area contributed by atoms with Gasteiger partial charge in [0.15, 0.2) is 0 Å². The molecule has 1 fully saturated rings. The van der Waals surface area contributed by atoms with Crippen molar-refractivity contribution in [1.82, 2.24) is 10.6 Å². The number of carbonyl (C=O) groups excluding carboxylic acids is 1. The highest BCUT2D eigenvalue weighted by Gasteiger charge is 2.35. The molecule has 0 bridgehead atoms. The largest absolute Gasteiger partial charge is 0.349 e. The van der Waals surface area contributed by atoms with Crippen LogP contribution in [-0.4, -0.2) is 19.0 Å². The van der Waals surface area contributed by atoms with E-state index in [0.29, 0.717) is 5.92 Å². The van der Waals surface area contributed by atoms with Gasteiger partial charge in [-0.1, -0.05) is 45.0 Å². The highest BCUT2D eigenvalue weighted by molar-refractivity contribution is 5.82. The first-order valence-corrected chi connectivity index (χ1v) is 8.04. The van der Waals surface area contributed by atoms with E-state index in [0.717, 1.165) is 25.9 Å². The quantitative estimate of drug-likeness (QED) is 0.892. The topological polar surface area (TPSA) is 41.1 Å². The van der Waals surface area contributed by atoms with Crippen LogP contribution in [0.15, 0.2) is 24.3 Å². The molecule has 116 valence electrons. The Morgan fingerprint density at radius 3 is 2.14 bits per heavy atom. The van der Waals surface area contributed by atoms with Gasteiger partial charge in [-0.3, -0.25) is 4.79 Å². The molecule has 1 aromatic carbocycles. The van der Waals surface area contributed by atoms with Crippen molar-refractivity contribution in [2.75, 3.05) is 13.1 Å². The molecule has 0 radical (unpaired) electrons. The molecule has 3 heteroatoms. The van der Waals surface area contributed by atoms with Crippen LogP contribution in [0.25, 0.3) is 0 Å². The highest BCUT2D eigenvalue weighted by Crippen LogP contribution is 2.29. The van der Waals surface area contributed by atoms with Gasteiger partial charge in [0.1, 0.15) is 0 Å². The molecule has 1 heterocycles. The van der Waals surface area contributed by atoms with Gasteiger partial charge in [-0.2, -0.15) is 0 Å². The van der Waals surface area contributed by atoms with Crippen LogP contribution in [0.5, 0.6) is 0 Å². The second-order valence-electron chi connectivity index (χ2n) is 6.83. The van der Waals surface area contributed by atoms with Crippen molar-refractivity contribution in [3.63, 3.8) is 0 Å². The molecule has 3 nitrogen and oxygen atoms in total. The number of hydrogen-bond donors (Lipinski definition) is 2. The fraction of sp³-hybridized carbons (Fsp3) is 0.611. The second-order valence-corrected chi connectivity index (χ2v) is 6.83. The Labute approximate surface area is 128 Å². The van der Waals surface area contributed by atoms with Crippen molar-refractivity contribution in [1.29, 1.82) is 0 Å². The number of nitrogens with one attached hydrogen (secondary N) is 2. The summed E-state index contributed by atoms with van der Waals surface area (Å²) >= 11 is 0. The zero-order valence-electron chi connectivity index (χ0n) is 13.7. The summed E-state index contributed by atoms with van der Waals surface area (Å²) in [4.78, 5) is 12.5. The molecule has 0 spiro atoms. The summed E-state index contributed by atoms with van der Waals surface area (Å²) in [6.07, 6.45) is 1.83. The van der Waals surface area contributed by atoms with Crippen LogP contribution < -0.4 is 10.6 Å². The zero-order valence-corrected chi connectivity index (χ0v) is 13.7. The summed E-state index contributed by atoms with van der Waals surface area (Å²) in [5.74, 6) is 0.724. The van der Waals surface area contributed by atoms with Crippen molar-refractivity contribution in [3.05, 3.63) is 35.4 Å². The molecule has 0 saturated carbocycles. The fourth-order valence-electron chi connectivity index (χ4n) is 2.83. The molecule has 21 heavy (non-hydrogen) atoms. The maximum Gasteiger partial charge on any atom is 0.226 e. The summed E-state index contributed by atoms with van der Waals surface area (Å²) in [7, 11) is 0. The van der Waals surface area contributed by atoms with Gasteiger partial charge >= 0.3 is 0 Å². The first-order chi connectivity index (χ1) is 9.92. The van der Waals surface area contributed by atoms with E-state index < -0.39 is 0 Å². The number of benzene rings is 1. The highest BCUT2D eigenvalue weighted by atomic mass is 16.2. The Bertz CT molecular complexity index is 472. The molecular weight excluding hydrogens is 260 g/mol. The second kappa shape index (κ2) is 6.61. The summed E-state index contributed by atoms with van der Waals surface area (Å²) in [5, 5.41) is 6.50. The average Bonchev–Trinajstić information content (AvgIpc) is 2.48. The first kappa shape index (κ1) is 16.0. The van der Waals surface area contributed by atoms with Crippen molar-refractivity contribution in [2.24, 2.45) is 5.41 Å². The fourth-order valence-corrected chi connectivity index (χ4v) is 2.83. The van der Waals surface area contributed by atoms with Gasteiger partial charge < -0.3 is 10.6 Å². The minimum atomic E-state index is -0.225. The summed E-state index contributed by atoms with van der Waals surface area (Å²) in [6.45, 7) is 10.4. The van der Waals surface area contributed by atoms with Crippen LogP contribution in [0, 0.1) is 5.41 Å². The lowest BCUT2D eigenvalue weighted by Crippen LogP contribution is -2.46. The third-order valence-corrected chi connectivity index (χ3v) is 4.71. The first-order valence-electron chi connectivity index (χ1n) is 8.04. The Morgan fingerprint density at radius 2 is 1.62 bits per heavy atom. The predicted molar refractivity (Wildman–Crippen MR) is 87.3 cm³/mol. The number of amides is 1. The number of rotatable bonds is 4. The van der Waals surface area contributed by atoms with Gasteiger partial charge in [0.2, 0.25) is 5.91 Å². The van der Waals surface area contributed by atoms with E-state index in [1.165, 1.54) is 11.1 Å². The van der Waals surface area contributed by atoms with Crippen LogP contribution >= 0.6 is 0 Å². The Balaban J connectivity index is 2.00. The molecule has 2 N–H and O–H groups in total. The minimum absolute atomic E-state index is 0.0606. The van der Waals surface area contributed by atoms with E-state index in [1.807, 2.05) is 0 Å². The van der Waals surface area contributed by atoms with Crippen LogP contribution in [0.3, 0.4) is 0 Å². The van der Waals surface area contributed by atoms with Crippen molar-refractivity contribution in [3.8, 4) is 0 Å². The monoisotopic (exact) mass is 288 g/mol. The zero-order chi connectivity index (χ0) is 15.5. The third-order valence-electron chi connectivity index (χ3n) is 4.71. The van der Waals surface area contributed by atoms with E-state index in [1.54, 1.807) is 0 Å². The van der Waals surface area contributed by atoms with Crippen LogP contribution in [0.2, 0.25) is 0 Å². The van der Waals surface area contributed by atoms with Gasteiger partial charge in [0, 0.05) is 5.41 Å². The average molecular weight is 288 g/mol. The molecule has 0 aliphatic carbocycles. The molecular formula is C18H28N2O. The lowest BCUT2D eigenvalue weighted by molar-refractivity contribution is -0.132. The third kappa shape index (κ3) is 3.85. The van der Waals surface area contributed by atoms with Gasteiger partial charge in [-0.15, -0.1) is 0 Å². The molecule has 1 saturated heterocycles. The van der Waals surface area contributed by atoms with E-state index >= 15 is 0 Å². The Morgan fingerprint density at radius 1 is 1.10 bits per heavy atom. The van der Waals surface area contributed by atoms with Crippen molar-refractivity contribution in [2.45, 2.75) is 52.5 Å². The lowest BCUT2D eigenvalue weighted by atomic mass is 9.80. The van der Waals surface area contributed by atoms with Gasteiger partial charge in [-0.05, 0) is 49.9 Å². The number of hydrogen-bond acceptors (Lipinski definition) is 2. The molecule has 2 rings (SSSR count). The lowest BCUT2D eigenvalue weighted by Gasteiger charge is -2.33. The SMILES string of the molecule is CC(C)c1ccc(C(C)NC(=O)C2(C)CCNCC2)cc1. The molecule has 1 unspecified atom stereocenters. The Hall–Kier alpha value is -1.35. The molecule has 0 aromatic heterocycles. The molecule has 1 atom stereocenters. The molecule has 1 aliphatic heterocycles. The summed E-state index contributed by atoms with van der Waals surface area (Å²) < 4.78 is 0. The number of carbonyl (C=O) groups is 1. The van der Waals surface area contributed by atoms with Crippen molar-refractivity contribution >= 4 is 5.91 Å². The van der Waals surface area contributed by atoms with Gasteiger partial charge in [0.05, 0.1) is 6.04 Å². The predicted octanol–water partition coefficient (Wildman–Crippen LogP) is 3.38. The maximum atomic E-state index is 12.5. The maximum absolute atomic E-state index is 12.5. The standard InChI is InChI=1S/C18H28N2O/c1-13(2)15-5-7-16(8-6-15)14(3)20-17(21)18(4)9-11-19-12-10-18/h5-8,13-14,19H,9-12H2,1-4H3,(H,20,21). The normalized spacial score (nSPS) is 19.3. The number of piperidine rings is 1. The van der Waals surface area contributed by atoms with Crippen LogP contribution in [0.4, 0.5) is 0 Å². The van der Waals surface area contributed by atoms with E-state index in [4.69, 9.17) is 0 Å². The molecule has 1 aromatic rings. The molecule has 1 aliphatic rings. The van der Waals surface area contributed by atoms with Crippen LogP contribution in [-0.2, 0) is 4.79 Å².